The van der Waals surface area contributed by atoms with Crippen molar-refractivity contribution in [2.75, 3.05) is 11.1 Å². The normalized spacial score (nSPS) is 16.1. The predicted molar refractivity (Wildman–Crippen MR) is 84.0 cm³/mol. The van der Waals surface area contributed by atoms with Crippen LogP contribution in [0.25, 0.3) is 0 Å². The maximum Gasteiger partial charge on any atom is 0.253 e. The SMILES string of the molecule is CC(C)NC(=O)c1cc(N)ccc1NC1CCCCC1. The zero-order chi connectivity index (χ0) is 14.5. The highest BCUT2D eigenvalue weighted by molar-refractivity contribution is 6.00. The van der Waals surface area contributed by atoms with Crippen LogP contribution < -0.4 is 16.4 Å². The van der Waals surface area contributed by atoms with Crippen LogP contribution in [0.15, 0.2) is 18.2 Å². The summed E-state index contributed by atoms with van der Waals surface area (Å²) in [5.41, 5.74) is 7.98. The first-order valence-electron chi connectivity index (χ1n) is 7.53. The third-order valence-electron chi connectivity index (χ3n) is 3.67. The summed E-state index contributed by atoms with van der Waals surface area (Å²) in [7, 11) is 0. The number of rotatable bonds is 4. The molecule has 4 heteroatoms. The second kappa shape index (κ2) is 6.64. The Kier molecular flexibility index (Phi) is 4.88. The molecule has 0 bridgehead atoms. The minimum atomic E-state index is -0.0643. The Labute approximate surface area is 121 Å². The van der Waals surface area contributed by atoms with E-state index in [4.69, 9.17) is 5.73 Å². The molecule has 110 valence electrons. The number of nitrogens with two attached hydrogens (primary N) is 1. The molecule has 1 amide bonds. The molecule has 0 saturated heterocycles. The topological polar surface area (TPSA) is 67.2 Å². The van der Waals surface area contributed by atoms with E-state index in [0.717, 1.165) is 5.69 Å². The van der Waals surface area contributed by atoms with Gasteiger partial charge in [-0.25, -0.2) is 0 Å². The number of hydrogen-bond donors (Lipinski definition) is 3. The van der Waals surface area contributed by atoms with E-state index in [2.05, 4.69) is 10.6 Å². The van der Waals surface area contributed by atoms with Crippen LogP contribution >= 0.6 is 0 Å². The number of carbonyl (C=O) groups is 1. The maximum atomic E-state index is 12.3. The Hall–Kier alpha value is -1.71. The molecule has 1 aromatic rings. The summed E-state index contributed by atoms with van der Waals surface area (Å²) < 4.78 is 0. The van der Waals surface area contributed by atoms with Crippen LogP contribution in [-0.4, -0.2) is 18.0 Å². The van der Waals surface area contributed by atoms with E-state index in [1.807, 2.05) is 26.0 Å². The van der Waals surface area contributed by atoms with E-state index in [9.17, 15) is 4.79 Å². The van der Waals surface area contributed by atoms with Gasteiger partial charge in [-0.1, -0.05) is 19.3 Å². The number of carbonyl (C=O) groups excluding carboxylic acids is 1. The molecule has 1 aliphatic carbocycles. The van der Waals surface area contributed by atoms with Crippen molar-refractivity contribution in [2.45, 2.75) is 58.0 Å². The molecule has 0 atom stereocenters. The first kappa shape index (κ1) is 14.7. The molecule has 0 aliphatic heterocycles. The van der Waals surface area contributed by atoms with Gasteiger partial charge in [0.05, 0.1) is 5.56 Å². The van der Waals surface area contributed by atoms with Crippen LogP contribution in [0, 0.1) is 0 Å². The Morgan fingerprint density at radius 3 is 2.60 bits per heavy atom. The van der Waals surface area contributed by atoms with E-state index in [1.54, 1.807) is 6.07 Å². The van der Waals surface area contributed by atoms with Crippen LogP contribution in [0.2, 0.25) is 0 Å². The highest BCUT2D eigenvalue weighted by Crippen LogP contribution is 2.25. The van der Waals surface area contributed by atoms with Gasteiger partial charge in [0.1, 0.15) is 0 Å². The fourth-order valence-electron chi connectivity index (χ4n) is 2.68. The highest BCUT2D eigenvalue weighted by atomic mass is 16.1. The van der Waals surface area contributed by atoms with Gasteiger partial charge in [-0.05, 0) is 44.9 Å². The van der Waals surface area contributed by atoms with Gasteiger partial charge in [0.2, 0.25) is 0 Å². The van der Waals surface area contributed by atoms with Gasteiger partial charge >= 0.3 is 0 Å². The molecule has 1 fully saturated rings. The van der Waals surface area contributed by atoms with Gasteiger partial charge in [-0.3, -0.25) is 4.79 Å². The zero-order valence-corrected chi connectivity index (χ0v) is 12.4. The third-order valence-corrected chi connectivity index (χ3v) is 3.67. The minimum Gasteiger partial charge on any atom is -0.399 e. The zero-order valence-electron chi connectivity index (χ0n) is 12.4. The van der Waals surface area contributed by atoms with Crippen molar-refractivity contribution in [3.05, 3.63) is 23.8 Å². The van der Waals surface area contributed by atoms with Crippen molar-refractivity contribution >= 4 is 17.3 Å². The molecule has 2 rings (SSSR count). The molecule has 1 aliphatic rings. The molecule has 0 spiro atoms. The quantitative estimate of drug-likeness (QED) is 0.739. The molecule has 0 unspecified atom stereocenters. The lowest BCUT2D eigenvalue weighted by Gasteiger charge is -2.25. The number of hydrogen-bond acceptors (Lipinski definition) is 3. The first-order chi connectivity index (χ1) is 9.56. The molecule has 1 saturated carbocycles. The molecule has 4 N–H and O–H groups in total. The molecule has 20 heavy (non-hydrogen) atoms. The molecule has 0 heterocycles. The Balaban J connectivity index is 2.16. The average molecular weight is 275 g/mol. The number of benzene rings is 1. The largest absolute Gasteiger partial charge is 0.399 e. The van der Waals surface area contributed by atoms with Crippen LogP contribution in [0.3, 0.4) is 0 Å². The summed E-state index contributed by atoms with van der Waals surface area (Å²) >= 11 is 0. The molecular weight excluding hydrogens is 250 g/mol. The van der Waals surface area contributed by atoms with Crippen molar-refractivity contribution in [1.82, 2.24) is 5.32 Å². The minimum absolute atomic E-state index is 0.0643. The lowest BCUT2D eigenvalue weighted by molar-refractivity contribution is 0.0944. The molecule has 1 aromatic carbocycles. The fraction of sp³-hybridized carbons (Fsp3) is 0.562. The fourth-order valence-corrected chi connectivity index (χ4v) is 2.68. The van der Waals surface area contributed by atoms with Crippen molar-refractivity contribution in [1.29, 1.82) is 0 Å². The molecule has 0 aromatic heterocycles. The molecule has 0 radical (unpaired) electrons. The number of nitrogens with one attached hydrogen (secondary N) is 2. The van der Waals surface area contributed by atoms with E-state index in [1.165, 1.54) is 32.1 Å². The predicted octanol–water partition coefficient (Wildman–Crippen LogP) is 3.15. The summed E-state index contributed by atoms with van der Waals surface area (Å²) in [6.45, 7) is 3.91. The van der Waals surface area contributed by atoms with Crippen molar-refractivity contribution < 1.29 is 4.79 Å². The maximum absolute atomic E-state index is 12.3. The van der Waals surface area contributed by atoms with Crippen LogP contribution in [-0.2, 0) is 0 Å². The first-order valence-corrected chi connectivity index (χ1v) is 7.53. The van der Waals surface area contributed by atoms with E-state index in [0.29, 0.717) is 17.3 Å². The van der Waals surface area contributed by atoms with E-state index in [-0.39, 0.29) is 11.9 Å². The van der Waals surface area contributed by atoms with E-state index >= 15 is 0 Å². The molecular formula is C16H25N3O. The summed E-state index contributed by atoms with van der Waals surface area (Å²) in [6.07, 6.45) is 6.20. The summed E-state index contributed by atoms with van der Waals surface area (Å²) in [5, 5.41) is 6.44. The smallest absolute Gasteiger partial charge is 0.253 e. The van der Waals surface area contributed by atoms with Crippen LogP contribution in [0.4, 0.5) is 11.4 Å². The number of nitrogen functional groups attached to an aromatic ring is 1. The van der Waals surface area contributed by atoms with Gasteiger partial charge in [0.25, 0.3) is 5.91 Å². The van der Waals surface area contributed by atoms with Crippen LogP contribution in [0.1, 0.15) is 56.3 Å². The summed E-state index contributed by atoms with van der Waals surface area (Å²) in [5.74, 6) is -0.0643. The van der Waals surface area contributed by atoms with Gasteiger partial charge in [-0.15, -0.1) is 0 Å². The third kappa shape index (κ3) is 3.89. The van der Waals surface area contributed by atoms with Crippen molar-refractivity contribution in [3.63, 3.8) is 0 Å². The van der Waals surface area contributed by atoms with Crippen molar-refractivity contribution in [2.24, 2.45) is 0 Å². The number of anilines is 2. The van der Waals surface area contributed by atoms with Crippen LogP contribution in [0.5, 0.6) is 0 Å². The Morgan fingerprint density at radius 2 is 1.95 bits per heavy atom. The highest BCUT2D eigenvalue weighted by Gasteiger charge is 2.17. The summed E-state index contributed by atoms with van der Waals surface area (Å²) in [6, 6.07) is 6.10. The van der Waals surface area contributed by atoms with Gasteiger partial charge in [-0.2, -0.15) is 0 Å². The second-order valence-corrected chi connectivity index (χ2v) is 5.91. The van der Waals surface area contributed by atoms with Gasteiger partial charge < -0.3 is 16.4 Å². The number of amides is 1. The summed E-state index contributed by atoms with van der Waals surface area (Å²) in [4.78, 5) is 12.3. The van der Waals surface area contributed by atoms with E-state index < -0.39 is 0 Å². The average Bonchev–Trinajstić information content (AvgIpc) is 2.41. The Bertz CT molecular complexity index is 465. The Morgan fingerprint density at radius 1 is 1.25 bits per heavy atom. The van der Waals surface area contributed by atoms with Gasteiger partial charge in [0, 0.05) is 23.5 Å². The lowest BCUT2D eigenvalue weighted by atomic mass is 9.95. The van der Waals surface area contributed by atoms with Crippen molar-refractivity contribution in [3.8, 4) is 0 Å². The lowest BCUT2D eigenvalue weighted by Crippen LogP contribution is -2.31. The molecule has 4 nitrogen and oxygen atoms in total. The second-order valence-electron chi connectivity index (χ2n) is 5.91. The standard InChI is InChI=1S/C16H25N3O/c1-11(2)18-16(20)14-10-12(17)8-9-15(14)19-13-6-4-3-5-7-13/h8-11,13,19H,3-7,17H2,1-2H3,(H,18,20). The van der Waals surface area contributed by atoms with Gasteiger partial charge in [0.15, 0.2) is 0 Å². The monoisotopic (exact) mass is 275 g/mol.